The van der Waals surface area contributed by atoms with Gasteiger partial charge in [-0.15, -0.1) is 0 Å². The molecule has 148 valence electrons. The number of fused-ring (bicyclic) bond motifs is 2. The molecule has 0 radical (unpaired) electrons. The molecule has 28 heavy (non-hydrogen) atoms. The molecule has 2 heterocycles. The third kappa shape index (κ3) is 3.84. The minimum atomic E-state index is -3.76. The van der Waals surface area contributed by atoms with Gasteiger partial charge in [0.1, 0.15) is 17.4 Å². The first kappa shape index (κ1) is 18.8. The van der Waals surface area contributed by atoms with Gasteiger partial charge in [0.05, 0.1) is 18.1 Å². The number of nitrogens with one attached hydrogen (secondary N) is 1. The van der Waals surface area contributed by atoms with Crippen molar-refractivity contribution in [1.29, 1.82) is 0 Å². The zero-order chi connectivity index (χ0) is 19.6. The predicted molar refractivity (Wildman–Crippen MR) is 103 cm³/mol. The van der Waals surface area contributed by atoms with Gasteiger partial charge in [-0.25, -0.2) is 13.1 Å². The number of hydrogen-bond donors (Lipinski definition) is 1. The van der Waals surface area contributed by atoms with E-state index >= 15 is 0 Å². The van der Waals surface area contributed by atoms with E-state index in [9.17, 15) is 8.42 Å². The summed E-state index contributed by atoms with van der Waals surface area (Å²) in [6.07, 6.45) is 0.199. The van der Waals surface area contributed by atoms with Crippen LogP contribution in [0.15, 0.2) is 57.8 Å². The van der Waals surface area contributed by atoms with Crippen molar-refractivity contribution in [3.63, 3.8) is 0 Å². The van der Waals surface area contributed by atoms with Crippen molar-refractivity contribution in [3.05, 3.63) is 54.3 Å². The average molecular weight is 403 g/mol. The van der Waals surface area contributed by atoms with Gasteiger partial charge in [0.15, 0.2) is 11.5 Å². The molecule has 0 amide bonds. The Bertz CT molecular complexity index is 1040. The van der Waals surface area contributed by atoms with Crippen LogP contribution in [0.5, 0.6) is 11.5 Å². The Labute approximate surface area is 163 Å². The molecule has 1 atom stereocenters. The SMILES string of the molecule is COC(CNS(=O)(=O)c1ccc2c(c1)OCCCO2)c1cc2ccccc2o1. The largest absolute Gasteiger partial charge is 0.490 e. The minimum Gasteiger partial charge on any atom is -0.490 e. The Morgan fingerprint density at radius 1 is 1.07 bits per heavy atom. The van der Waals surface area contributed by atoms with E-state index < -0.39 is 16.1 Å². The van der Waals surface area contributed by atoms with Gasteiger partial charge in [0.2, 0.25) is 10.0 Å². The van der Waals surface area contributed by atoms with Crippen LogP contribution in [-0.2, 0) is 14.8 Å². The van der Waals surface area contributed by atoms with Gasteiger partial charge < -0.3 is 18.6 Å². The van der Waals surface area contributed by atoms with E-state index in [1.165, 1.54) is 19.2 Å². The second-order valence-electron chi connectivity index (χ2n) is 6.42. The molecular weight excluding hydrogens is 382 g/mol. The molecule has 4 rings (SSSR count). The van der Waals surface area contributed by atoms with Crippen LogP contribution in [0.2, 0.25) is 0 Å². The molecule has 1 N–H and O–H groups in total. The summed E-state index contributed by atoms with van der Waals surface area (Å²) in [5.74, 6) is 1.54. The molecule has 8 heteroatoms. The van der Waals surface area contributed by atoms with Crippen LogP contribution in [0, 0.1) is 0 Å². The van der Waals surface area contributed by atoms with Gasteiger partial charge in [-0.3, -0.25) is 0 Å². The standard InChI is InChI=1S/C20H21NO6S/c1-24-20(19-11-14-5-2-3-6-16(14)27-19)13-21-28(22,23)15-7-8-17-18(12-15)26-10-4-9-25-17/h2-3,5-8,11-12,20-21H,4,9-10,13H2,1H3. The van der Waals surface area contributed by atoms with Crippen molar-refractivity contribution in [1.82, 2.24) is 4.72 Å². The quantitative estimate of drug-likeness (QED) is 0.680. The highest BCUT2D eigenvalue weighted by atomic mass is 32.2. The van der Waals surface area contributed by atoms with Gasteiger partial charge in [0.25, 0.3) is 0 Å². The lowest BCUT2D eigenvalue weighted by Gasteiger charge is -2.15. The first-order valence-corrected chi connectivity index (χ1v) is 10.5. The molecule has 1 unspecified atom stereocenters. The summed E-state index contributed by atoms with van der Waals surface area (Å²) >= 11 is 0. The number of benzene rings is 2. The zero-order valence-corrected chi connectivity index (χ0v) is 16.2. The van der Waals surface area contributed by atoms with Crippen molar-refractivity contribution in [2.45, 2.75) is 17.4 Å². The summed E-state index contributed by atoms with van der Waals surface area (Å²) in [5, 5.41) is 0.935. The van der Waals surface area contributed by atoms with Crippen LogP contribution in [0.25, 0.3) is 11.0 Å². The Balaban J connectivity index is 1.51. The second-order valence-corrected chi connectivity index (χ2v) is 8.19. The summed E-state index contributed by atoms with van der Waals surface area (Å²) in [6, 6.07) is 14.0. The second kappa shape index (κ2) is 7.83. The molecule has 0 saturated carbocycles. The van der Waals surface area contributed by atoms with Gasteiger partial charge in [-0.05, 0) is 24.3 Å². The van der Waals surface area contributed by atoms with Gasteiger partial charge in [0, 0.05) is 31.5 Å². The van der Waals surface area contributed by atoms with Gasteiger partial charge in [-0.1, -0.05) is 18.2 Å². The molecule has 0 fully saturated rings. The van der Waals surface area contributed by atoms with Crippen LogP contribution >= 0.6 is 0 Å². The summed E-state index contributed by atoms with van der Waals surface area (Å²) in [5.41, 5.74) is 0.727. The maximum atomic E-state index is 12.7. The van der Waals surface area contributed by atoms with Gasteiger partial charge in [-0.2, -0.15) is 0 Å². The molecule has 0 bridgehead atoms. The predicted octanol–water partition coefficient (Wildman–Crippen LogP) is 3.26. The summed E-state index contributed by atoms with van der Waals surface area (Å²) in [7, 11) is -2.24. The molecule has 0 aliphatic carbocycles. The minimum absolute atomic E-state index is 0.0348. The van der Waals surface area contributed by atoms with E-state index in [2.05, 4.69) is 4.72 Å². The van der Waals surface area contributed by atoms with Crippen molar-refractivity contribution >= 4 is 21.0 Å². The number of methoxy groups -OCH3 is 1. The number of hydrogen-bond acceptors (Lipinski definition) is 6. The smallest absolute Gasteiger partial charge is 0.240 e. The fourth-order valence-corrected chi connectivity index (χ4v) is 4.09. The fraction of sp³-hybridized carbons (Fsp3) is 0.300. The highest BCUT2D eigenvalue weighted by Gasteiger charge is 2.22. The number of sulfonamides is 1. The Morgan fingerprint density at radius 3 is 2.64 bits per heavy atom. The maximum absolute atomic E-state index is 12.7. The lowest BCUT2D eigenvalue weighted by Crippen LogP contribution is -2.29. The number of rotatable bonds is 6. The Morgan fingerprint density at radius 2 is 1.86 bits per heavy atom. The number of furan rings is 1. The van der Waals surface area contributed by atoms with Gasteiger partial charge >= 0.3 is 0 Å². The fourth-order valence-electron chi connectivity index (χ4n) is 3.04. The van der Waals surface area contributed by atoms with E-state index in [0.29, 0.717) is 30.5 Å². The highest BCUT2D eigenvalue weighted by molar-refractivity contribution is 7.89. The van der Waals surface area contributed by atoms with E-state index in [-0.39, 0.29) is 11.4 Å². The summed E-state index contributed by atoms with van der Waals surface area (Å²) in [6.45, 7) is 1.07. The lowest BCUT2D eigenvalue weighted by atomic mass is 10.2. The van der Waals surface area contributed by atoms with E-state index in [0.717, 1.165) is 17.4 Å². The third-order valence-corrected chi connectivity index (χ3v) is 5.96. The normalized spacial score (nSPS) is 15.3. The Kier molecular flexibility index (Phi) is 5.25. The monoisotopic (exact) mass is 403 g/mol. The molecule has 1 aliphatic heterocycles. The van der Waals surface area contributed by atoms with Crippen LogP contribution in [0.4, 0.5) is 0 Å². The first-order valence-electron chi connectivity index (χ1n) is 8.97. The van der Waals surface area contributed by atoms with Crippen LogP contribution in [0.3, 0.4) is 0 Å². The van der Waals surface area contributed by atoms with Crippen molar-refractivity contribution in [3.8, 4) is 11.5 Å². The third-order valence-electron chi connectivity index (χ3n) is 4.53. The molecule has 0 saturated heterocycles. The maximum Gasteiger partial charge on any atom is 0.240 e. The molecule has 1 aliphatic rings. The van der Waals surface area contributed by atoms with Crippen molar-refractivity contribution in [2.75, 3.05) is 26.9 Å². The Hall–Kier alpha value is -2.55. The molecule has 0 spiro atoms. The van der Waals surface area contributed by atoms with E-state index in [4.69, 9.17) is 18.6 Å². The molecular formula is C20H21NO6S. The molecule has 7 nitrogen and oxygen atoms in total. The molecule has 1 aromatic heterocycles. The summed E-state index contributed by atoms with van der Waals surface area (Å²) in [4.78, 5) is 0.108. The highest BCUT2D eigenvalue weighted by Crippen LogP contribution is 2.32. The number of ether oxygens (including phenoxy) is 3. The topological polar surface area (TPSA) is 87.0 Å². The average Bonchev–Trinajstić information content (AvgIpc) is 2.98. The first-order chi connectivity index (χ1) is 13.6. The van der Waals surface area contributed by atoms with Crippen molar-refractivity contribution in [2.24, 2.45) is 0 Å². The molecule has 2 aromatic carbocycles. The summed E-state index contributed by atoms with van der Waals surface area (Å²) < 4.78 is 50.4. The van der Waals surface area contributed by atoms with Crippen molar-refractivity contribution < 1.29 is 27.0 Å². The molecule has 3 aromatic rings. The lowest BCUT2D eigenvalue weighted by molar-refractivity contribution is 0.0893. The van der Waals surface area contributed by atoms with E-state index in [1.54, 1.807) is 6.07 Å². The van der Waals surface area contributed by atoms with E-state index in [1.807, 2.05) is 30.3 Å². The van der Waals surface area contributed by atoms with Crippen LogP contribution in [0.1, 0.15) is 18.3 Å². The van der Waals surface area contributed by atoms with Crippen LogP contribution in [-0.4, -0.2) is 35.3 Å². The number of para-hydroxylation sites is 1. The van der Waals surface area contributed by atoms with Crippen LogP contribution < -0.4 is 14.2 Å². The zero-order valence-electron chi connectivity index (χ0n) is 15.4.